The molecule has 100 valence electrons. The summed E-state index contributed by atoms with van der Waals surface area (Å²) in [7, 11) is 0. The van der Waals surface area contributed by atoms with E-state index in [1.165, 1.54) is 13.8 Å². The van der Waals surface area contributed by atoms with Crippen molar-refractivity contribution in [2.45, 2.75) is 58.3 Å². The lowest BCUT2D eigenvalue weighted by molar-refractivity contribution is -0.141. The highest BCUT2D eigenvalue weighted by Gasteiger charge is 2.29. The third kappa shape index (κ3) is 8.50. The van der Waals surface area contributed by atoms with E-state index in [2.05, 4.69) is 5.32 Å². The van der Waals surface area contributed by atoms with E-state index in [4.69, 9.17) is 9.84 Å². The van der Waals surface area contributed by atoms with Crippen LogP contribution in [-0.4, -0.2) is 39.5 Å². The van der Waals surface area contributed by atoms with Gasteiger partial charge in [0.15, 0.2) is 0 Å². The maximum Gasteiger partial charge on any atom is 0.408 e. The molecule has 0 bridgehead atoms. The number of rotatable bonds is 4. The number of hydrogen-bond donors (Lipinski definition) is 3. The Kier molecular flexibility index (Phi) is 4.94. The summed E-state index contributed by atoms with van der Waals surface area (Å²) in [4.78, 5) is 22.3. The predicted molar refractivity (Wildman–Crippen MR) is 61.7 cm³/mol. The fourth-order valence-electron chi connectivity index (χ4n) is 1.15. The number of hydrogen-bond acceptors (Lipinski definition) is 4. The Hall–Kier alpha value is -1.30. The minimum atomic E-state index is -1.21. The van der Waals surface area contributed by atoms with Gasteiger partial charge in [0.2, 0.25) is 0 Å². The lowest BCUT2D eigenvalue weighted by atomic mass is 9.99. The molecule has 0 aliphatic rings. The number of ether oxygens (including phenoxy) is 1. The Labute approximate surface area is 101 Å². The van der Waals surface area contributed by atoms with Crippen molar-refractivity contribution in [3.63, 3.8) is 0 Å². The van der Waals surface area contributed by atoms with E-state index in [1.807, 2.05) is 0 Å². The number of amides is 1. The Bertz CT molecular complexity index is 287. The smallest absolute Gasteiger partial charge is 0.408 e. The van der Waals surface area contributed by atoms with E-state index >= 15 is 0 Å². The Morgan fingerprint density at radius 1 is 1.24 bits per heavy atom. The van der Waals surface area contributed by atoms with Crippen LogP contribution in [0.25, 0.3) is 0 Å². The van der Waals surface area contributed by atoms with Crippen LogP contribution in [0.5, 0.6) is 0 Å². The second-order valence-corrected chi connectivity index (χ2v) is 5.55. The molecule has 0 unspecified atom stereocenters. The summed E-state index contributed by atoms with van der Waals surface area (Å²) in [6.07, 6.45) is -0.907. The Morgan fingerprint density at radius 2 is 1.71 bits per heavy atom. The molecule has 1 atom stereocenters. The van der Waals surface area contributed by atoms with Crippen molar-refractivity contribution in [1.82, 2.24) is 5.32 Å². The molecular formula is C11H21NO5. The molecule has 17 heavy (non-hydrogen) atoms. The van der Waals surface area contributed by atoms with Crippen LogP contribution in [0, 0.1) is 0 Å². The van der Waals surface area contributed by atoms with Gasteiger partial charge in [0.05, 0.1) is 5.60 Å². The molecule has 6 heteroatoms. The second-order valence-electron chi connectivity index (χ2n) is 5.55. The molecule has 0 spiro atoms. The molecule has 0 heterocycles. The third-order valence-electron chi connectivity index (χ3n) is 1.69. The molecule has 0 aromatic carbocycles. The summed E-state index contributed by atoms with van der Waals surface area (Å²) in [5, 5.41) is 20.6. The normalized spacial score (nSPS) is 14.0. The van der Waals surface area contributed by atoms with Crippen molar-refractivity contribution in [2.75, 3.05) is 0 Å². The van der Waals surface area contributed by atoms with Crippen molar-refractivity contribution in [3.8, 4) is 0 Å². The summed E-state index contributed by atoms with van der Waals surface area (Å²) in [6.45, 7) is 7.98. The second kappa shape index (κ2) is 5.35. The van der Waals surface area contributed by atoms with E-state index in [9.17, 15) is 14.7 Å². The zero-order chi connectivity index (χ0) is 13.9. The quantitative estimate of drug-likeness (QED) is 0.692. The number of carboxylic acids is 1. The lowest BCUT2D eigenvalue weighted by Crippen LogP contribution is -2.46. The summed E-state index contributed by atoms with van der Waals surface area (Å²) < 4.78 is 4.94. The monoisotopic (exact) mass is 247 g/mol. The van der Waals surface area contributed by atoms with E-state index in [0.717, 1.165) is 0 Å². The molecule has 0 radical (unpaired) electrons. The maximum absolute atomic E-state index is 11.4. The van der Waals surface area contributed by atoms with Gasteiger partial charge in [0.25, 0.3) is 0 Å². The summed E-state index contributed by atoms with van der Waals surface area (Å²) in [5.74, 6) is -1.21. The first kappa shape index (κ1) is 15.7. The van der Waals surface area contributed by atoms with Crippen LogP contribution in [0.4, 0.5) is 4.79 Å². The van der Waals surface area contributed by atoms with Crippen LogP contribution < -0.4 is 5.32 Å². The molecule has 0 aromatic rings. The zero-order valence-electron chi connectivity index (χ0n) is 10.9. The van der Waals surface area contributed by atoms with Gasteiger partial charge < -0.3 is 20.3 Å². The first-order chi connectivity index (χ1) is 7.41. The minimum Gasteiger partial charge on any atom is -0.480 e. The molecule has 0 fully saturated rings. The van der Waals surface area contributed by atoms with E-state index in [1.54, 1.807) is 20.8 Å². The number of aliphatic carboxylic acids is 1. The van der Waals surface area contributed by atoms with E-state index in [0.29, 0.717) is 0 Å². The first-order valence-corrected chi connectivity index (χ1v) is 5.35. The standard InChI is InChI=1S/C11H21NO5/c1-10(2,3)17-9(15)12-7(8(13)14)6-11(4,5)16/h7,16H,6H2,1-5H3,(H,12,15)(H,13,14)/t7-/m1/s1. The lowest BCUT2D eigenvalue weighted by Gasteiger charge is -2.25. The van der Waals surface area contributed by atoms with Crippen molar-refractivity contribution in [1.29, 1.82) is 0 Å². The topological polar surface area (TPSA) is 95.9 Å². The Morgan fingerprint density at radius 3 is 2.00 bits per heavy atom. The van der Waals surface area contributed by atoms with E-state index in [-0.39, 0.29) is 6.42 Å². The van der Waals surface area contributed by atoms with Gasteiger partial charge in [-0.1, -0.05) is 0 Å². The summed E-state index contributed by atoms with van der Waals surface area (Å²) in [5.41, 5.74) is -1.88. The van der Waals surface area contributed by atoms with Gasteiger partial charge in [-0.25, -0.2) is 9.59 Å². The highest BCUT2D eigenvalue weighted by Crippen LogP contribution is 2.12. The largest absolute Gasteiger partial charge is 0.480 e. The molecule has 0 aromatic heterocycles. The van der Waals surface area contributed by atoms with Crippen molar-refractivity contribution in [3.05, 3.63) is 0 Å². The molecule has 1 amide bonds. The van der Waals surface area contributed by atoms with Gasteiger partial charge in [0, 0.05) is 6.42 Å². The average Bonchev–Trinajstić information content (AvgIpc) is 1.95. The summed E-state index contributed by atoms with van der Waals surface area (Å²) in [6, 6.07) is -1.18. The van der Waals surface area contributed by atoms with E-state index < -0.39 is 29.3 Å². The number of carbonyl (C=O) groups is 2. The molecule has 0 rings (SSSR count). The van der Waals surface area contributed by atoms with Crippen molar-refractivity contribution >= 4 is 12.1 Å². The third-order valence-corrected chi connectivity index (χ3v) is 1.69. The first-order valence-electron chi connectivity index (χ1n) is 5.35. The highest BCUT2D eigenvalue weighted by molar-refractivity contribution is 5.80. The van der Waals surface area contributed by atoms with Gasteiger partial charge in [0.1, 0.15) is 11.6 Å². The molecule has 0 aliphatic carbocycles. The molecule has 0 saturated heterocycles. The zero-order valence-corrected chi connectivity index (χ0v) is 10.9. The number of carbonyl (C=O) groups excluding carboxylic acids is 1. The van der Waals surface area contributed by atoms with Gasteiger partial charge in [-0.2, -0.15) is 0 Å². The maximum atomic E-state index is 11.4. The SMILES string of the molecule is CC(C)(O)C[C@@H](NC(=O)OC(C)(C)C)C(=O)O. The van der Waals surface area contributed by atoms with Gasteiger partial charge in [-0.05, 0) is 34.6 Å². The van der Waals surface area contributed by atoms with Crippen LogP contribution in [0.2, 0.25) is 0 Å². The molecule has 3 N–H and O–H groups in total. The summed E-state index contributed by atoms with van der Waals surface area (Å²) >= 11 is 0. The van der Waals surface area contributed by atoms with Gasteiger partial charge >= 0.3 is 12.1 Å². The average molecular weight is 247 g/mol. The molecule has 0 saturated carbocycles. The van der Waals surface area contributed by atoms with Crippen LogP contribution in [-0.2, 0) is 9.53 Å². The number of aliphatic hydroxyl groups is 1. The van der Waals surface area contributed by atoms with Gasteiger partial charge in [-0.3, -0.25) is 0 Å². The van der Waals surface area contributed by atoms with Crippen LogP contribution in [0.3, 0.4) is 0 Å². The van der Waals surface area contributed by atoms with Crippen LogP contribution in [0.1, 0.15) is 41.0 Å². The fourth-order valence-corrected chi connectivity index (χ4v) is 1.15. The molecular weight excluding hydrogens is 226 g/mol. The number of carboxylic acid groups (broad SMARTS) is 1. The Balaban J connectivity index is 4.47. The molecule has 0 aliphatic heterocycles. The van der Waals surface area contributed by atoms with Crippen molar-refractivity contribution in [2.24, 2.45) is 0 Å². The number of nitrogens with one attached hydrogen (secondary N) is 1. The minimum absolute atomic E-state index is 0.0957. The molecule has 6 nitrogen and oxygen atoms in total. The van der Waals surface area contributed by atoms with Crippen LogP contribution >= 0.6 is 0 Å². The highest BCUT2D eigenvalue weighted by atomic mass is 16.6. The fraction of sp³-hybridized carbons (Fsp3) is 0.818. The van der Waals surface area contributed by atoms with Crippen LogP contribution in [0.15, 0.2) is 0 Å². The van der Waals surface area contributed by atoms with Crippen molar-refractivity contribution < 1.29 is 24.5 Å². The van der Waals surface area contributed by atoms with Gasteiger partial charge in [-0.15, -0.1) is 0 Å². The number of alkyl carbamates (subject to hydrolysis) is 1. The predicted octanol–water partition coefficient (Wildman–Crippen LogP) is 1.13.